The van der Waals surface area contributed by atoms with Gasteiger partial charge < -0.3 is 0 Å². The molecular weight excluding hydrogens is 282 g/mol. The second-order valence-corrected chi connectivity index (χ2v) is 7.21. The van der Waals surface area contributed by atoms with Crippen LogP contribution in [0.5, 0.6) is 0 Å². The van der Waals surface area contributed by atoms with E-state index < -0.39 is 10.0 Å². The molecule has 106 valence electrons. The molecule has 1 aliphatic carbocycles. The lowest BCUT2D eigenvalue weighted by molar-refractivity contribution is 0.385. The molecule has 1 aromatic carbocycles. The van der Waals surface area contributed by atoms with Crippen LogP contribution in [0.15, 0.2) is 24.3 Å². The van der Waals surface area contributed by atoms with Crippen molar-refractivity contribution in [3.63, 3.8) is 0 Å². The molecule has 0 spiro atoms. The van der Waals surface area contributed by atoms with Crippen LogP contribution in [0.4, 0.5) is 5.69 Å². The summed E-state index contributed by atoms with van der Waals surface area (Å²) >= 11 is 5.82. The van der Waals surface area contributed by atoms with Crippen LogP contribution in [-0.4, -0.2) is 14.2 Å². The first-order valence-electron chi connectivity index (χ1n) is 6.75. The Morgan fingerprint density at radius 1 is 1.16 bits per heavy atom. The van der Waals surface area contributed by atoms with E-state index in [0.29, 0.717) is 17.5 Å². The summed E-state index contributed by atoms with van der Waals surface area (Å²) < 4.78 is 27.0. The number of hydrogen-bond acceptors (Lipinski definition) is 2. The molecule has 0 atom stereocenters. The van der Waals surface area contributed by atoms with Crippen LogP contribution in [0.2, 0.25) is 0 Å². The fourth-order valence-electron chi connectivity index (χ4n) is 2.61. The SMILES string of the molecule is O=S(=O)(CC1CCCCC1)Nc1ccccc1CCl. The summed E-state index contributed by atoms with van der Waals surface area (Å²) in [6.45, 7) is 0. The van der Waals surface area contributed by atoms with E-state index in [0.717, 1.165) is 31.2 Å². The maximum Gasteiger partial charge on any atom is 0.233 e. The zero-order chi connectivity index (χ0) is 13.7. The summed E-state index contributed by atoms with van der Waals surface area (Å²) in [5.41, 5.74) is 1.42. The van der Waals surface area contributed by atoms with Crippen LogP contribution < -0.4 is 4.72 Å². The third kappa shape index (κ3) is 4.39. The van der Waals surface area contributed by atoms with E-state index in [9.17, 15) is 8.42 Å². The van der Waals surface area contributed by atoms with Gasteiger partial charge in [-0.05, 0) is 30.4 Å². The topological polar surface area (TPSA) is 46.2 Å². The molecule has 2 rings (SSSR count). The number of alkyl halides is 1. The average Bonchev–Trinajstić information content (AvgIpc) is 2.39. The highest BCUT2D eigenvalue weighted by molar-refractivity contribution is 7.92. The van der Waals surface area contributed by atoms with Crippen molar-refractivity contribution in [1.29, 1.82) is 0 Å². The zero-order valence-electron chi connectivity index (χ0n) is 10.9. The highest BCUT2D eigenvalue weighted by atomic mass is 35.5. The van der Waals surface area contributed by atoms with Gasteiger partial charge in [0, 0.05) is 5.88 Å². The fraction of sp³-hybridized carbons (Fsp3) is 0.571. The van der Waals surface area contributed by atoms with Crippen molar-refractivity contribution in [3.8, 4) is 0 Å². The van der Waals surface area contributed by atoms with E-state index in [-0.39, 0.29) is 5.75 Å². The summed E-state index contributed by atoms with van der Waals surface area (Å²) in [5.74, 6) is 0.834. The predicted molar refractivity (Wildman–Crippen MR) is 80.0 cm³/mol. The summed E-state index contributed by atoms with van der Waals surface area (Å²) in [4.78, 5) is 0. The van der Waals surface area contributed by atoms with Crippen LogP contribution in [0.25, 0.3) is 0 Å². The van der Waals surface area contributed by atoms with Gasteiger partial charge in [-0.15, -0.1) is 11.6 Å². The number of para-hydroxylation sites is 1. The van der Waals surface area contributed by atoms with E-state index in [1.165, 1.54) is 6.42 Å². The first-order valence-corrected chi connectivity index (χ1v) is 8.94. The lowest BCUT2D eigenvalue weighted by Gasteiger charge is -2.22. The van der Waals surface area contributed by atoms with Crippen molar-refractivity contribution in [2.24, 2.45) is 5.92 Å². The second-order valence-electron chi connectivity index (χ2n) is 5.18. The first-order chi connectivity index (χ1) is 9.11. The molecule has 0 amide bonds. The second kappa shape index (κ2) is 6.62. The Morgan fingerprint density at radius 2 is 1.84 bits per heavy atom. The highest BCUT2D eigenvalue weighted by Crippen LogP contribution is 2.26. The molecule has 0 saturated heterocycles. The zero-order valence-corrected chi connectivity index (χ0v) is 12.5. The van der Waals surface area contributed by atoms with Crippen LogP contribution in [0.1, 0.15) is 37.7 Å². The van der Waals surface area contributed by atoms with Crippen LogP contribution in [0.3, 0.4) is 0 Å². The number of halogens is 1. The number of nitrogens with one attached hydrogen (secondary N) is 1. The van der Waals surface area contributed by atoms with E-state index in [1.807, 2.05) is 18.2 Å². The number of sulfonamides is 1. The van der Waals surface area contributed by atoms with Crippen molar-refractivity contribution in [3.05, 3.63) is 29.8 Å². The molecule has 19 heavy (non-hydrogen) atoms. The van der Waals surface area contributed by atoms with E-state index in [1.54, 1.807) is 6.07 Å². The van der Waals surface area contributed by atoms with Gasteiger partial charge in [-0.3, -0.25) is 4.72 Å². The maximum absolute atomic E-state index is 12.2. The lowest BCUT2D eigenvalue weighted by atomic mass is 9.91. The van der Waals surface area contributed by atoms with Gasteiger partial charge in [-0.1, -0.05) is 37.5 Å². The summed E-state index contributed by atoms with van der Waals surface area (Å²) in [6, 6.07) is 7.27. The first kappa shape index (κ1) is 14.7. The minimum Gasteiger partial charge on any atom is -0.283 e. The summed E-state index contributed by atoms with van der Waals surface area (Å²) in [7, 11) is -3.28. The van der Waals surface area contributed by atoms with E-state index >= 15 is 0 Å². The molecule has 1 aromatic rings. The third-order valence-electron chi connectivity index (χ3n) is 3.61. The molecule has 0 aromatic heterocycles. The average molecular weight is 302 g/mol. The molecule has 0 radical (unpaired) electrons. The standard InChI is InChI=1S/C14H20ClNO2S/c15-10-13-8-4-5-9-14(13)16-19(17,18)11-12-6-2-1-3-7-12/h4-5,8-9,12,16H,1-3,6-7,10-11H2. The van der Waals surface area contributed by atoms with E-state index in [2.05, 4.69) is 4.72 Å². The van der Waals surface area contributed by atoms with Crippen molar-refractivity contribution in [1.82, 2.24) is 0 Å². The Labute approximate surface area is 120 Å². The Hall–Kier alpha value is -0.740. The number of anilines is 1. The number of rotatable bonds is 5. The fourth-order valence-corrected chi connectivity index (χ4v) is 4.41. The van der Waals surface area contributed by atoms with Crippen LogP contribution >= 0.6 is 11.6 Å². The van der Waals surface area contributed by atoms with Gasteiger partial charge in [0.15, 0.2) is 0 Å². The van der Waals surface area contributed by atoms with Gasteiger partial charge in [-0.25, -0.2) is 8.42 Å². The van der Waals surface area contributed by atoms with Crippen molar-refractivity contribution >= 4 is 27.3 Å². The highest BCUT2D eigenvalue weighted by Gasteiger charge is 2.21. The summed E-state index contributed by atoms with van der Waals surface area (Å²) in [6.07, 6.45) is 5.59. The Morgan fingerprint density at radius 3 is 2.53 bits per heavy atom. The van der Waals surface area contributed by atoms with Gasteiger partial charge in [-0.2, -0.15) is 0 Å². The smallest absolute Gasteiger partial charge is 0.233 e. The van der Waals surface area contributed by atoms with Crippen LogP contribution in [-0.2, 0) is 15.9 Å². The molecule has 3 nitrogen and oxygen atoms in total. The molecule has 0 aliphatic heterocycles. The number of hydrogen-bond donors (Lipinski definition) is 1. The van der Waals surface area contributed by atoms with Crippen LogP contribution in [0, 0.1) is 5.92 Å². The minimum absolute atomic E-state index is 0.226. The van der Waals surface area contributed by atoms with Crippen molar-refractivity contribution in [2.45, 2.75) is 38.0 Å². The molecule has 1 N–H and O–H groups in total. The quantitative estimate of drug-likeness (QED) is 0.842. The third-order valence-corrected chi connectivity index (χ3v) is 5.34. The normalized spacial score (nSPS) is 17.3. The molecule has 1 aliphatic rings. The van der Waals surface area contributed by atoms with Gasteiger partial charge in [0.2, 0.25) is 10.0 Å². The Kier molecular flexibility index (Phi) is 5.11. The molecule has 0 bridgehead atoms. The predicted octanol–water partition coefficient (Wildman–Crippen LogP) is 3.75. The van der Waals surface area contributed by atoms with Gasteiger partial charge in [0.1, 0.15) is 0 Å². The van der Waals surface area contributed by atoms with Crippen molar-refractivity contribution < 1.29 is 8.42 Å². The minimum atomic E-state index is -3.28. The number of benzene rings is 1. The molecule has 0 heterocycles. The molecule has 1 saturated carbocycles. The maximum atomic E-state index is 12.2. The lowest BCUT2D eigenvalue weighted by Crippen LogP contribution is -2.24. The Bertz CT molecular complexity index is 510. The molecule has 5 heteroatoms. The molecular formula is C14H20ClNO2S. The van der Waals surface area contributed by atoms with Crippen molar-refractivity contribution in [2.75, 3.05) is 10.5 Å². The van der Waals surface area contributed by atoms with Gasteiger partial charge in [0.25, 0.3) is 0 Å². The van der Waals surface area contributed by atoms with Gasteiger partial charge >= 0.3 is 0 Å². The summed E-state index contributed by atoms with van der Waals surface area (Å²) in [5, 5.41) is 0. The van der Waals surface area contributed by atoms with E-state index in [4.69, 9.17) is 11.6 Å². The molecule has 1 fully saturated rings. The van der Waals surface area contributed by atoms with Gasteiger partial charge in [0.05, 0.1) is 11.4 Å². The molecule has 0 unspecified atom stereocenters. The Balaban J connectivity index is 2.03. The largest absolute Gasteiger partial charge is 0.283 e. The monoisotopic (exact) mass is 301 g/mol.